The van der Waals surface area contributed by atoms with Crippen LogP contribution in [0.3, 0.4) is 0 Å². The summed E-state index contributed by atoms with van der Waals surface area (Å²) in [5.41, 5.74) is 4.64. The maximum absolute atomic E-state index is 13.6. The number of nitrogens with one attached hydrogen (secondary N) is 1. The third-order valence-corrected chi connectivity index (χ3v) is 7.47. The molecule has 7 nitrogen and oxygen atoms in total. The Balaban J connectivity index is 1.59. The minimum Gasteiger partial charge on any atom is -0.463 e. The summed E-state index contributed by atoms with van der Waals surface area (Å²) in [7, 11) is -3.88. The van der Waals surface area contributed by atoms with Crippen molar-refractivity contribution in [2.75, 3.05) is 4.31 Å². The summed E-state index contributed by atoms with van der Waals surface area (Å²) >= 11 is 6.30. The second-order valence-electron chi connectivity index (χ2n) is 7.62. The van der Waals surface area contributed by atoms with Gasteiger partial charge < -0.3 is 4.42 Å². The molecule has 0 aliphatic rings. The summed E-state index contributed by atoms with van der Waals surface area (Å²) in [4.78, 5) is 12.5. The Hall–Kier alpha value is -3.88. The van der Waals surface area contributed by atoms with E-state index in [0.717, 1.165) is 0 Å². The lowest BCUT2D eigenvalue weighted by atomic mass is 10.1. The molecule has 0 radical (unpaired) electrons. The average molecular weight is 508 g/mol. The van der Waals surface area contributed by atoms with Gasteiger partial charge in [0.05, 0.1) is 29.6 Å². The molecule has 1 N–H and O–H groups in total. The molecule has 0 fully saturated rings. The van der Waals surface area contributed by atoms with Gasteiger partial charge in [0.2, 0.25) is 0 Å². The molecule has 0 aliphatic carbocycles. The van der Waals surface area contributed by atoms with Crippen molar-refractivity contribution < 1.29 is 17.6 Å². The zero-order valence-corrected chi connectivity index (χ0v) is 20.3. The monoisotopic (exact) mass is 507 g/mol. The molecule has 1 amide bonds. The van der Waals surface area contributed by atoms with Gasteiger partial charge in [-0.1, -0.05) is 48.0 Å². The summed E-state index contributed by atoms with van der Waals surface area (Å²) in [5.74, 6) is 0.107. The van der Waals surface area contributed by atoms with Gasteiger partial charge >= 0.3 is 0 Å². The Morgan fingerprint density at radius 1 is 1.00 bits per heavy atom. The van der Waals surface area contributed by atoms with E-state index in [0.29, 0.717) is 33.2 Å². The first-order valence-corrected chi connectivity index (χ1v) is 12.5. The van der Waals surface area contributed by atoms with E-state index in [1.807, 2.05) is 0 Å². The number of hydrogen-bond acceptors (Lipinski definition) is 5. The van der Waals surface area contributed by atoms with Gasteiger partial charge in [-0.25, -0.2) is 13.8 Å². The predicted octanol–water partition coefficient (Wildman–Crippen LogP) is 5.40. The van der Waals surface area contributed by atoms with Gasteiger partial charge in [-0.3, -0.25) is 9.10 Å². The summed E-state index contributed by atoms with van der Waals surface area (Å²) in [6, 6.07) is 23.5. The molecule has 0 aliphatic heterocycles. The lowest BCUT2D eigenvalue weighted by molar-refractivity contribution is 0.0955. The van der Waals surface area contributed by atoms with Gasteiger partial charge in [-0.2, -0.15) is 5.10 Å². The fourth-order valence-corrected chi connectivity index (χ4v) is 5.10. The molecular formula is C26H22ClN3O4S. The third kappa shape index (κ3) is 5.62. The zero-order valence-electron chi connectivity index (χ0n) is 18.8. The molecule has 9 heteroatoms. The van der Waals surface area contributed by atoms with E-state index in [1.54, 1.807) is 91.9 Å². The molecule has 0 spiro atoms. The number of hydrazone groups is 1. The van der Waals surface area contributed by atoms with E-state index in [2.05, 4.69) is 10.5 Å². The SMILES string of the molecule is Cc1c(Cl)cccc1N(Cc1ccc(C(=O)N/N=C\c2ccco2)cc1)S(=O)(=O)c1ccccc1. The molecule has 4 aromatic rings. The Morgan fingerprint density at radius 2 is 1.74 bits per heavy atom. The molecule has 0 unspecified atom stereocenters. The van der Waals surface area contributed by atoms with Crippen LogP contribution in [0.4, 0.5) is 5.69 Å². The first-order valence-electron chi connectivity index (χ1n) is 10.6. The third-order valence-electron chi connectivity index (χ3n) is 5.28. The lowest BCUT2D eigenvalue weighted by Gasteiger charge is -2.26. The van der Waals surface area contributed by atoms with E-state index in [4.69, 9.17) is 16.0 Å². The summed E-state index contributed by atoms with van der Waals surface area (Å²) in [5, 5.41) is 4.34. The number of carbonyl (C=O) groups is 1. The van der Waals surface area contributed by atoms with E-state index in [1.165, 1.54) is 16.8 Å². The van der Waals surface area contributed by atoms with Crippen LogP contribution in [0.5, 0.6) is 0 Å². The smallest absolute Gasteiger partial charge is 0.271 e. The van der Waals surface area contributed by atoms with Gasteiger partial charge in [0, 0.05) is 10.6 Å². The molecule has 1 heterocycles. The topological polar surface area (TPSA) is 92.0 Å². The number of anilines is 1. The molecule has 0 bridgehead atoms. The molecule has 35 heavy (non-hydrogen) atoms. The minimum atomic E-state index is -3.88. The van der Waals surface area contributed by atoms with Crippen LogP contribution in [0, 0.1) is 6.92 Å². The van der Waals surface area contributed by atoms with Gasteiger partial charge in [-0.15, -0.1) is 0 Å². The van der Waals surface area contributed by atoms with Crippen molar-refractivity contribution in [1.29, 1.82) is 0 Å². The number of furan rings is 1. The highest BCUT2D eigenvalue weighted by atomic mass is 35.5. The number of amides is 1. The predicted molar refractivity (Wildman–Crippen MR) is 136 cm³/mol. The molecule has 0 saturated heterocycles. The number of rotatable bonds is 8. The van der Waals surface area contributed by atoms with Crippen molar-refractivity contribution in [3.63, 3.8) is 0 Å². The molecule has 3 aromatic carbocycles. The fourth-order valence-electron chi connectivity index (χ4n) is 3.40. The van der Waals surface area contributed by atoms with E-state index < -0.39 is 15.9 Å². The highest BCUT2D eigenvalue weighted by Gasteiger charge is 2.27. The summed E-state index contributed by atoms with van der Waals surface area (Å²) in [6.45, 7) is 1.83. The number of halogens is 1. The zero-order chi connectivity index (χ0) is 24.8. The molecule has 1 aromatic heterocycles. The van der Waals surface area contributed by atoms with E-state index in [-0.39, 0.29) is 11.4 Å². The highest BCUT2D eigenvalue weighted by molar-refractivity contribution is 7.92. The first kappa shape index (κ1) is 24.3. The molecule has 0 atom stereocenters. The van der Waals surface area contributed by atoms with E-state index in [9.17, 15) is 13.2 Å². The summed E-state index contributed by atoms with van der Waals surface area (Å²) < 4.78 is 33.6. The van der Waals surface area contributed by atoms with Gasteiger partial charge in [0.15, 0.2) is 0 Å². The van der Waals surface area contributed by atoms with E-state index >= 15 is 0 Å². The van der Waals surface area contributed by atoms with Gasteiger partial charge in [-0.05, 0) is 66.6 Å². The molecule has 4 rings (SSSR count). The molecular weight excluding hydrogens is 486 g/mol. The van der Waals surface area contributed by atoms with Crippen LogP contribution < -0.4 is 9.73 Å². The first-order chi connectivity index (χ1) is 16.9. The highest BCUT2D eigenvalue weighted by Crippen LogP contribution is 2.32. The number of nitrogens with zero attached hydrogens (tertiary/aromatic N) is 2. The van der Waals surface area contributed by atoms with Crippen LogP contribution in [-0.4, -0.2) is 20.5 Å². The second kappa shape index (κ2) is 10.6. The minimum absolute atomic E-state index is 0.0525. The second-order valence-corrected chi connectivity index (χ2v) is 9.89. The van der Waals surface area contributed by atoms with Crippen molar-refractivity contribution in [1.82, 2.24) is 5.43 Å². The van der Waals surface area contributed by atoms with Crippen LogP contribution >= 0.6 is 11.6 Å². The number of hydrogen-bond donors (Lipinski definition) is 1. The molecule has 0 saturated carbocycles. The standard InChI is InChI=1S/C26H22ClN3O4S/c1-19-24(27)10-5-11-25(19)30(35(32,33)23-8-3-2-4-9-23)18-20-12-14-21(15-13-20)26(31)29-28-17-22-7-6-16-34-22/h2-17H,18H2,1H3,(H,29,31)/b28-17-. The number of carbonyl (C=O) groups excluding carboxylic acids is 1. The van der Waals surface area contributed by atoms with Crippen LogP contribution in [0.2, 0.25) is 5.02 Å². The van der Waals surface area contributed by atoms with Crippen molar-refractivity contribution in [3.05, 3.63) is 119 Å². The largest absolute Gasteiger partial charge is 0.463 e. The lowest BCUT2D eigenvalue weighted by Crippen LogP contribution is -2.31. The maximum atomic E-state index is 13.6. The van der Waals surface area contributed by atoms with Gasteiger partial charge in [0.1, 0.15) is 5.76 Å². The van der Waals surface area contributed by atoms with Crippen molar-refractivity contribution in [2.45, 2.75) is 18.4 Å². The normalized spacial score (nSPS) is 11.5. The fraction of sp³-hybridized carbons (Fsp3) is 0.0769. The van der Waals surface area contributed by atoms with Crippen LogP contribution in [0.25, 0.3) is 0 Å². The molecule has 178 valence electrons. The van der Waals surface area contributed by atoms with Crippen molar-refractivity contribution in [3.8, 4) is 0 Å². The maximum Gasteiger partial charge on any atom is 0.271 e. The van der Waals surface area contributed by atoms with Crippen LogP contribution in [0.15, 0.2) is 106 Å². The van der Waals surface area contributed by atoms with Crippen LogP contribution in [0.1, 0.15) is 27.2 Å². The Bertz CT molecular complexity index is 1440. The number of sulfonamides is 1. The van der Waals surface area contributed by atoms with Crippen molar-refractivity contribution in [2.24, 2.45) is 5.10 Å². The quantitative estimate of drug-likeness (QED) is 0.255. The summed E-state index contributed by atoms with van der Waals surface area (Å²) in [6.07, 6.45) is 2.90. The Labute approximate surface area is 208 Å². The average Bonchev–Trinajstić information content (AvgIpc) is 3.39. The van der Waals surface area contributed by atoms with Crippen molar-refractivity contribution >= 4 is 39.4 Å². The Morgan fingerprint density at radius 3 is 2.43 bits per heavy atom. The number of benzene rings is 3. The Kier molecular flexibility index (Phi) is 7.33. The van der Waals surface area contributed by atoms with Crippen LogP contribution in [-0.2, 0) is 16.6 Å². The van der Waals surface area contributed by atoms with Gasteiger partial charge in [0.25, 0.3) is 15.9 Å².